The van der Waals surface area contributed by atoms with Gasteiger partial charge >= 0.3 is 6.55 Å². The van der Waals surface area contributed by atoms with Gasteiger partial charge < -0.3 is 35.8 Å². The van der Waals surface area contributed by atoms with Gasteiger partial charge in [0.05, 0.1) is 71.5 Å². The molecule has 3 aliphatic rings. The van der Waals surface area contributed by atoms with Crippen molar-refractivity contribution in [3.05, 3.63) is 116 Å². The molecule has 3 fully saturated rings. The van der Waals surface area contributed by atoms with Gasteiger partial charge in [-0.3, -0.25) is 0 Å². The van der Waals surface area contributed by atoms with E-state index in [1.165, 1.54) is 18.5 Å². The zero-order valence-corrected chi connectivity index (χ0v) is 55.5. The number of hydrogen-bond donors (Lipinski definition) is 6. The molecule has 0 radical (unpaired) electrons. The fraction of sp³-hybridized carbons (Fsp3) is 0.424. The Morgan fingerprint density at radius 2 is 0.854 bits per heavy atom. The molecule has 12 heterocycles. The summed E-state index contributed by atoms with van der Waals surface area (Å²) in [6, 6.07) is 21.4. The van der Waals surface area contributed by atoms with E-state index in [4.69, 9.17) is 0 Å². The lowest BCUT2D eigenvalue weighted by molar-refractivity contribution is 0.0566. The van der Waals surface area contributed by atoms with Crippen LogP contribution in [0.5, 0.6) is 17.2 Å². The van der Waals surface area contributed by atoms with Crippen molar-refractivity contribution in [2.75, 3.05) is 0 Å². The monoisotopic (exact) mass is 1310 g/mol. The van der Waals surface area contributed by atoms with E-state index in [1.54, 1.807) is 66.0 Å². The Hall–Kier alpha value is -10.2. The highest BCUT2D eigenvalue weighted by Crippen LogP contribution is 2.42. The number of piperidine rings is 3. The third-order valence-corrected chi connectivity index (χ3v) is 17.6. The average molecular weight is 1310 g/mol. The van der Waals surface area contributed by atoms with Gasteiger partial charge in [-0.15, -0.1) is 51.0 Å². The van der Waals surface area contributed by atoms with Crippen LogP contribution in [0.2, 0.25) is 0 Å². The second kappa shape index (κ2) is 24.2. The van der Waals surface area contributed by atoms with Gasteiger partial charge in [0.2, 0.25) is 16.9 Å². The number of aromatic hydroxyl groups is 3. The summed E-state index contributed by atoms with van der Waals surface area (Å²) in [6.45, 7) is 23.6. The number of alkyl halides is 2. The maximum absolute atomic E-state index is 12.8. The largest absolute Gasteiger partial charge is 0.507 e. The first-order valence-electron chi connectivity index (χ1n) is 31.7. The van der Waals surface area contributed by atoms with Crippen LogP contribution < -0.4 is 16.0 Å². The second-order valence-electron chi connectivity index (χ2n) is 29.2. The fourth-order valence-corrected chi connectivity index (χ4v) is 14.8. The minimum Gasteiger partial charge on any atom is -0.507 e. The Morgan fingerprint density at radius 3 is 1.22 bits per heavy atom. The lowest BCUT2D eigenvalue weighted by atomic mass is 9.79. The Kier molecular flexibility index (Phi) is 16.3. The smallest absolute Gasteiger partial charge is 0.333 e. The second-order valence-corrected chi connectivity index (χ2v) is 29.2. The highest BCUT2D eigenvalue weighted by Gasteiger charge is 2.42. The number of rotatable bonds is 10. The Labute approximate surface area is 550 Å². The summed E-state index contributed by atoms with van der Waals surface area (Å²) in [4.78, 5) is 4.04. The number of nitrogens with one attached hydrogen (secondary N) is 3. The molecule has 9 aromatic heterocycles. The summed E-state index contributed by atoms with van der Waals surface area (Å²) < 4.78 is 35.2. The number of phenols is 3. The minimum atomic E-state index is -2.72. The fourth-order valence-electron chi connectivity index (χ4n) is 14.8. The topological polar surface area (TPSA) is 333 Å². The Bertz CT molecular complexity index is 4550. The van der Waals surface area contributed by atoms with Gasteiger partial charge in [0.15, 0.2) is 0 Å². The molecule has 12 aromatic rings. The van der Waals surface area contributed by atoms with Gasteiger partial charge in [0.25, 0.3) is 0 Å². The van der Waals surface area contributed by atoms with Crippen LogP contribution in [0.1, 0.15) is 146 Å². The SMILES string of the molecule is CC1(C)CC(n2nnc3cc(-c4ccc(-c5cnn(C(F)F)c5)cc4O)nnc32)CC(C)(C)N1.CC1(C)CC(n2nnc3cc(-c4ccc(-n5ccnc5)cc4O)nnc32)CC(C)(C)N1.CC1(C)CC(n2nnc3cc(-c4ccc(-n5ccnn5)cc4O)nnc32)CC(C)(C)N1. The van der Waals surface area contributed by atoms with Gasteiger partial charge in [0.1, 0.15) is 33.8 Å². The van der Waals surface area contributed by atoms with E-state index in [1.807, 2.05) is 55.1 Å². The van der Waals surface area contributed by atoms with Crippen LogP contribution in [0.15, 0.2) is 116 Å². The number of nitrogens with zero attached hydrogens (tertiary/aromatic N) is 22. The van der Waals surface area contributed by atoms with E-state index in [0.717, 1.165) is 44.2 Å². The first kappa shape index (κ1) is 64.5. The van der Waals surface area contributed by atoms with Gasteiger partial charge in [0, 0.05) is 86.2 Å². The molecule has 0 saturated carbocycles. The molecule has 28 nitrogen and oxygen atoms in total. The number of phenolic OH excluding ortho intramolecular Hbond substituents is 3. The van der Waals surface area contributed by atoms with E-state index in [-0.39, 0.29) is 68.6 Å². The van der Waals surface area contributed by atoms with E-state index in [9.17, 15) is 24.1 Å². The molecular formula is C66H77F2N25O3. The van der Waals surface area contributed by atoms with Gasteiger partial charge in [-0.1, -0.05) is 26.9 Å². The zero-order valence-electron chi connectivity index (χ0n) is 55.5. The molecule has 0 amide bonds. The molecule has 3 aromatic carbocycles. The molecule has 0 unspecified atom stereocenters. The van der Waals surface area contributed by atoms with Crippen molar-refractivity contribution in [3.8, 4) is 73.5 Å². The van der Waals surface area contributed by atoms with Crippen molar-refractivity contribution in [3.63, 3.8) is 0 Å². The molecule has 3 saturated heterocycles. The standard InChI is InChI=1S/C23H26F2N8O.C22H26N8O.C21H25N9O/c1-22(2)9-15(10-23(3,4)30-22)33-20-18(28-31-33)8-17(27-29-20)16-6-5-13(7-19(16)34)14-11-26-32(12-14)21(24)25;1-21(2)11-15(12-22(3,4)27-21)30-20-18(25-28-30)10-17(24-26-20)16-6-5-14(9-19(16)31)29-8-7-23-13-29;1-20(2)11-14(12-21(3,4)26-20)30-19-17(24-28-30)10-16(23-25-19)15-6-5-13(9-18(15)31)29-8-7-22-27-29/h5-8,11-12,15,21,30,34H,9-10H2,1-4H3;5-10,13,15,27,31H,11-12H2,1-4H3;5-10,14,26,31H,11-12H2,1-4H3. The highest BCUT2D eigenvalue weighted by molar-refractivity contribution is 5.81. The zero-order chi connectivity index (χ0) is 67.9. The van der Waals surface area contributed by atoms with Crippen LogP contribution in [0, 0.1) is 0 Å². The Morgan fingerprint density at radius 1 is 0.448 bits per heavy atom. The Balaban J connectivity index is 0.000000130. The van der Waals surface area contributed by atoms with Gasteiger partial charge in [-0.05, 0) is 182 Å². The van der Waals surface area contributed by atoms with Crippen molar-refractivity contribution in [1.29, 1.82) is 0 Å². The first-order chi connectivity index (χ1) is 45.4. The number of benzene rings is 3. The van der Waals surface area contributed by atoms with Crippen molar-refractivity contribution < 1.29 is 24.1 Å². The van der Waals surface area contributed by atoms with Crippen molar-refractivity contribution in [2.24, 2.45) is 0 Å². The number of halogens is 2. The molecule has 0 spiro atoms. The third kappa shape index (κ3) is 13.6. The number of hydrogen-bond acceptors (Lipinski definition) is 22. The predicted molar refractivity (Wildman–Crippen MR) is 354 cm³/mol. The van der Waals surface area contributed by atoms with E-state index < -0.39 is 6.55 Å². The molecule has 96 heavy (non-hydrogen) atoms. The molecule has 3 aliphatic heterocycles. The van der Waals surface area contributed by atoms with E-state index in [2.05, 4.69) is 181 Å². The average Bonchev–Trinajstić information content (AvgIpc) is 1.48. The number of imidazole rings is 1. The normalized spacial score (nSPS) is 18.3. The van der Waals surface area contributed by atoms with E-state index >= 15 is 0 Å². The number of fused-ring (bicyclic) bond motifs is 3. The minimum absolute atomic E-state index is 0.0131. The van der Waals surface area contributed by atoms with Crippen LogP contribution in [-0.4, -0.2) is 158 Å². The van der Waals surface area contributed by atoms with Crippen molar-refractivity contribution in [1.82, 2.24) is 126 Å². The highest BCUT2D eigenvalue weighted by atomic mass is 19.3. The maximum atomic E-state index is 12.8. The summed E-state index contributed by atoms with van der Waals surface area (Å²) in [7, 11) is 0. The molecule has 0 bridgehead atoms. The lowest BCUT2D eigenvalue weighted by Crippen LogP contribution is -2.58. The molecule has 15 rings (SSSR count). The van der Waals surface area contributed by atoms with E-state index in [0.29, 0.717) is 88.8 Å². The van der Waals surface area contributed by atoms with Crippen LogP contribution in [0.3, 0.4) is 0 Å². The van der Waals surface area contributed by atoms with Gasteiger partial charge in [-0.25, -0.2) is 28.4 Å². The van der Waals surface area contributed by atoms with Crippen LogP contribution in [0.25, 0.3) is 89.8 Å². The van der Waals surface area contributed by atoms with Crippen LogP contribution in [0.4, 0.5) is 8.78 Å². The number of aromatic nitrogens is 22. The molecule has 498 valence electrons. The molecular weight excluding hydrogens is 1230 g/mol. The first-order valence-corrected chi connectivity index (χ1v) is 31.7. The van der Waals surface area contributed by atoms with Gasteiger partial charge in [-0.2, -0.15) is 13.9 Å². The van der Waals surface area contributed by atoms with Crippen LogP contribution in [-0.2, 0) is 0 Å². The lowest BCUT2D eigenvalue weighted by Gasteiger charge is -2.46. The summed E-state index contributed by atoms with van der Waals surface area (Å²) in [5.74, 6) is 0.148. The quantitative estimate of drug-likeness (QED) is 0.0741. The molecule has 6 N–H and O–H groups in total. The van der Waals surface area contributed by atoms with Crippen molar-refractivity contribution in [2.45, 2.75) is 180 Å². The summed E-state index contributed by atoms with van der Waals surface area (Å²) in [5, 5.41) is 107. The van der Waals surface area contributed by atoms with Crippen LogP contribution >= 0.6 is 0 Å². The summed E-state index contributed by atoms with van der Waals surface area (Å²) in [5.41, 5.74) is 9.33. The predicted octanol–water partition coefficient (Wildman–Crippen LogP) is 10.3. The molecule has 30 heteroatoms. The molecule has 0 atom stereocenters. The maximum Gasteiger partial charge on any atom is 0.333 e. The summed E-state index contributed by atoms with van der Waals surface area (Å²) >= 11 is 0. The third-order valence-electron chi connectivity index (χ3n) is 17.6. The molecule has 0 aliphatic carbocycles. The summed E-state index contributed by atoms with van der Waals surface area (Å²) in [6.07, 6.45) is 16.5. The van der Waals surface area contributed by atoms with Crippen molar-refractivity contribution >= 4 is 33.5 Å².